The lowest BCUT2D eigenvalue weighted by molar-refractivity contribution is -0.126. The Morgan fingerprint density at radius 1 is 0.862 bits per heavy atom. The number of nitrogens with zero attached hydrogens (tertiary/aromatic N) is 5. The van der Waals surface area contributed by atoms with Crippen LogP contribution < -0.4 is 10.6 Å². The largest absolute Gasteiger partial charge is 0.444 e. The Morgan fingerprint density at radius 2 is 1.52 bits per heavy atom. The van der Waals surface area contributed by atoms with Crippen LogP contribution in [-0.4, -0.2) is 92.3 Å². The van der Waals surface area contributed by atoms with Gasteiger partial charge in [-0.05, 0) is 83.2 Å². The van der Waals surface area contributed by atoms with Crippen LogP contribution in [0.15, 0.2) is 96.2 Å². The molecule has 58 heavy (non-hydrogen) atoms. The lowest BCUT2D eigenvalue weighted by atomic mass is 9.90. The van der Waals surface area contributed by atoms with Crippen LogP contribution in [0.3, 0.4) is 0 Å². The molecule has 2 aliphatic heterocycles. The van der Waals surface area contributed by atoms with Crippen molar-refractivity contribution in [3.63, 3.8) is 0 Å². The number of anilines is 1. The van der Waals surface area contributed by atoms with E-state index in [2.05, 4.69) is 15.6 Å². The monoisotopic (exact) mass is 823 g/mol. The highest BCUT2D eigenvalue weighted by atomic mass is 35.5. The molecule has 300 valence electrons. The van der Waals surface area contributed by atoms with Gasteiger partial charge in [0.05, 0.1) is 44.5 Å². The van der Waals surface area contributed by atoms with Gasteiger partial charge in [0.2, 0.25) is 11.9 Å². The lowest BCUT2D eigenvalue weighted by Crippen LogP contribution is -2.51. The number of imide groups is 1. The van der Waals surface area contributed by atoms with Gasteiger partial charge in [-0.15, -0.1) is 0 Å². The van der Waals surface area contributed by atoms with Crippen LogP contribution in [0.25, 0.3) is 22.2 Å². The number of likely N-dealkylation sites (tertiary alicyclic amines) is 1. The first-order valence-electron chi connectivity index (χ1n) is 19.2. The second kappa shape index (κ2) is 15.2. The number of rotatable bonds is 8. The molecular weight excluding hydrogens is 782 g/mol. The van der Waals surface area contributed by atoms with Crippen LogP contribution in [0.5, 0.6) is 0 Å². The van der Waals surface area contributed by atoms with Gasteiger partial charge in [0.1, 0.15) is 11.6 Å². The summed E-state index contributed by atoms with van der Waals surface area (Å²) in [4.78, 5) is 66.1. The van der Waals surface area contributed by atoms with Crippen LogP contribution in [0.1, 0.15) is 73.6 Å². The van der Waals surface area contributed by atoms with Gasteiger partial charge in [0.25, 0.3) is 21.8 Å². The van der Waals surface area contributed by atoms with E-state index in [-0.39, 0.29) is 40.9 Å². The molecule has 1 saturated carbocycles. The summed E-state index contributed by atoms with van der Waals surface area (Å²) in [6.45, 7) is 5.15. The zero-order valence-corrected chi connectivity index (χ0v) is 33.7. The minimum absolute atomic E-state index is 0.0413. The number of carbonyl (C=O) groups excluding carboxylic acids is 4. The number of aromatic nitrogens is 3. The van der Waals surface area contributed by atoms with Gasteiger partial charge in [-0.1, -0.05) is 60.1 Å². The molecule has 4 amide bonds. The first-order valence-corrected chi connectivity index (χ1v) is 21.0. The second-order valence-electron chi connectivity index (χ2n) is 15.8. The van der Waals surface area contributed by atoms with E-state index in [1.807, 2.05) is 12.1 Å². The summed E-state index contributed by atoms with van der Waals surface area (Å²) in [5.74, 6) is -1.02. The number of ether oxygens (including phenoxy) is 1. The van der Waals surface area contributed by atoms with Gasteiger partial charge in [-0.2, -0.15) is 0 Å². The summed E-state index contributed by atoms with van der Waals surface area (Å²) >= 11 is 6.68. The number of nitrogens with one attached hydrogen (secondary N) is 2. The van der Waals surface area contributed by atoms with Gasteiger partial charge in [0, 0.05) is 35.8 Å². The minimum atomic E-state index is -3.94. The van der Waals surface area contributed by atoms with Crippen molar-refractivity contribution in [1.29, 1.82) is 0 Å². The topological polar surface area (TPSA) is 173 Å². The molecule has 4 heterocycles. The first kappa shape index (κ1) is 39.0. The number of amides is 4. The van der Waals surface area contributed by atoms with Crippen LogP contribution in [0, 0.1) is 0 Å². The summed E-state index contributed by atoms with van der Waals surface area (Å²) in [6.07, 6.45) is 5.10. The van der Waals surface area contributed by atoms with Crippen molar-refractivity contribution in [3.8, 4) is 11.3 Å². The second-order valence-corrected chi connectivity index (χ2v) is 18.1. The van der Waals surface area contributed by atoms with E-state index in [0.717, 1.165) is 17.7 Å². The predicted octanol–water partition coefficient (Wildman–Crippen LogP) is 6.50. The molecule has 1 saturated heterocycles. The average molecular weight is 824 g/mol. The van der Waals surface area contributed by atoms with E-state index < -0.39 is 51.5 Å². The third-order valence-electron chi connectivity index (χ3n) is 10.7. The highest BCUT2D eigenvalue weighted by molar-refractivity contribution is 7.90. The maximum atomic E-state index is 14.1. The van der Waals surface area contributed by atoms with Crippen LogP contribution in [0.4, 0.5) is 10.7 Å². The van der Waals surface area contributed by atoms with E-state index >= 15 is 0 Å². The average Bonchev–Trinajstić information content (AvgIpc) is 3.88. The third kappa shape index (κ3) is 7.39. The minimum Gasteiger partial charge on any atom is -0.444 e. The summed E-state index contributed by atoms with van der Waals surface area (Å²) < 4.78 is 34.4. The number of fused-ring (bicyclic) bond motifs is 2. The van der Waals surface area contributed by atoms with Crippen molar-refractivity contribution in [2.45, 2.75) is 87.5 Å². The van der Waals surface area contributed by atoms with Crippen molar-refractivity contribution >= 4 is 62.3 Å². The zero-order chi connectivity index (χ0) is 40.9. The quantitative estimate of drug-likeness (QED) is 0.165. The first-order chi connectivity index (χ1) is 27.7. The molecule has 0 spiro atoms. The van der Waals surface area contributed by atoms with E-state index in [9.17, 15) is 27.6 Å². The Morgan fingerprint density at radius 3 is 2.22 bits per heavy atom. The normalized spacial score (nSPS) is 21.0. The zero-order valence-electron chi connectivity index (χ0n) is 32.1. The Labute approximate surface area is 340 Å². The van der Waals surface area contributed by atoms with E-state index in [0.29, 0.717) is 46.1 Å². The third-order valence-corrected chi connectivity index (χ3v) is 12.7. The fourth-order valence-electron chi connectivity index (χ4n) is 8.11. The molecule has 3 aromatic carbocycles. The smallest absolute Gasteiger partial charge is 0.411 e. The fourth-order valence-corrected chi connectivity index (χ4v) is 9.70. The van der Waals surface area contributed by atoms with Crippen molar-refractivity contribution in [3.05, 3.63) is 107 Å². The van der Waals surface area contributed by atoms with Crippen molar-refractivity contribution in [2.75, 3.05) is 11.9 Å². The molecule has 4 atom stereocenters. The summed E-state index contributed by atoms with van der Waals surface area (Å²) in [5.41, 5.74) is 1.10. The maximum absolute atomic E-state index is 14.1. The van der Waals surface area contributed by atoms with Crippen molar-refractivity contribution in [1.82, 2.24) is 29.1 Å². The number of benzene rings is 3. The van der Waals surface area contributed by atoms with Gasteiger partial charge >= 0.3 is 6.09 Å². The standard InChI is InChI=1S/C42H42ClN7O7S/c1-42(2,3)57-41(54)48-23-27(50-38(52)30-17-7-8-18-31(30)39(50)53)21-35(48)37(51)45-25-12-11-13-26(20-25)46-40-44-22-33(43)36(47-40)32-24-49(34-19-10-9-16-29(32)34)58(55,56)28-14-5-4-6-15-28/h4-10,14-19,22,24-27,35H,11-13,20-21,23H2,1-3H3,(H,45,51)(H,44,46,47)/t25?,26-,27+,35+/m1/s1. The van der Waals surface area contributed by atoms with Crippen LogP contribution in [0.2, 0.25) is 5.02 Å². The molecule has 1 aliphatic carbocycles. The Hall–Kier alpha value is -5.80. The van der Waals surface area contributed by atoms with Gasteiger partial charge < -0.3 is 15.4 Å². The molecule has 16 heteroatoms. The number of para-hydroxylation sites is 1. The number of carbonyl (C=O) groups is 4. The summed E-state index contributed by atoms with van der Waals surface area (Å²) in [5, 5.41) is 7.41. The molecule has 0 radical (unpaired) electrons. The molecule has 8 rings (SSSR count). The Kier molecular flexibility index (Phi) is 10.2. The van der Waals surface area contributed by atoms with E-state index in [1.54, 1.807) is 87.5 Å². The van der Waals surface area contributed by atoms with Crippen molar-refractivity contribution < 1.29 is 32.3 Å². The highest BCUT2D eigenvalue weighted by Gasteiger charge is 2.49. The number of hydrogen-bond donors (Lipinski definition) is 2. The van der Waals surface area contributed by atoms with E-state index in [1.165, 1.54) is 21.3 Å². The Bertz CT molecular complexity index is 2520. The molecular formula is C42H42ClN7O7S. The van der Waals surface area contributed by atoms with Gasteiger partial charge in [0.15, 0.2) is 0 Å². The van der Waals surface area contributed by atoms with Crippen LogP contribution >= 0.6 is 11.6 Å². The molecule has 5 aromatic rings. The lowest BCUT2D eigenvalue weighted by Gasteiger charge is -2.32. The molecule has 3 aliphatic rings. The molecule has 14 nitrogen and oxygen atoms in total. The number of halogens is 1. The molecule has 2 N–H and O–H groups in total. The molecule has 2 aromatic heterocycles. The molecule has 1 unspecified atom stereocenters. The SMILES string of the molecule is CC(C)(C)OC(=O)N1C[C@@H](N2C(=O)c3ccccc3C2=O)C[C@H]1C(=O)NC1CCC[C@@H](Nc2ncc(Cl)c(-c3cn(S(=O)(=O)c4ccccc4)c4ccccc34)n2)C1. The van der Waals surface area contributed by atoms with Gasteiger partial charge in [-0.25, -0.2) is 27.2 Å². The molecule has 2 fully saturated rings. The maximum Gasteiger partial charge on any atom is 0.411 e. The predicted molar refractivity (Wildman–Crippen MR) is 217 cm³/mol. The summed E-state index contributed by atoms with van der Waals surface area (Å²) in [6, 6.07) is 19.8. The highest BCUT2D eigenvalue weighted by Crippen LogP contribution is 2.37. The van der Waals surface area contributed by atoms with E-state index in [4.69, 9.17) is 21.3 Å². The summed E-state index contributed by atoms with van der Waals surface area (Å²) in [7, 11) is -3.94. The van der Waals surface area contributed by atoms with Crippen molar-refractivity contribution in [2.24, 2.45) is 0 Å². The van der Waals surface area contributed by atoms with Gasteiger partial charge in [-0.3, -0.25) is 24.2 Å². The van der Waals surface area contributed by atoms with Crippen LogP contribution in [-0.2, 0) is 19.6 Å². The Balaban J connectivity index is 0.990. The number of hydrogen-bond acceptors (Lipinski definition) is 10. The molecule has 0 bridgehead atoms. The fraction of sp³-hybridized carbons (Fsp3) is 0.333.